The predicted molar refractivity (Wildman–Crippen MR) is 108 cm³/mol. The number of rotatable bonds is 2. The summed E-state index contributed by atoms with van der Waals surface area (Å²) in [5, 5.41) is 0. The molecule has 0 aromatic carbocycles. The number of pyridine rings is 2. The van der Waals surface area contributed by atoms with E-state index in [1.54, 1.807) is 20.8 Å². The molecule has 0 bridgehead atoms. The predicted octanol–water partition coefficient (Wildman–Crippen LogP) is 2.19. The fraction of sp³-hybridized carbons (Fsp3) is 0.300. The van der Waals surface area contributed by atoms with Gasteiger partial charge in [-0.3, -0.25) is 9.36 Å². The normalized spacial score (nSPS) is 10.5. The van der Waals surface area contributed by atoms with Gasteiger partial charge in [0.15, 0.2) is 24.8 Å². The standard InChI is InChI=1S/C12H14N2.C8H11BrN2O2/c1-13-7-3-11(4-8-13)12-5-9-14(2)10-6-12;1-4(2)11-7(12)6(9)5(3)10-8(11)13/h3-10H,1-2H3;4H,1-3H3,(H,10,13)/q+2;. The van der Waals surface area contributed by atoms with Crippen molar-refractivity contribution in [1.29, 1.82) is 0 Å². The largest absolute Gasteiger partial charge is 0.328 e. The first kappa shape index (κ1) is 20.8. The van der Waals surface area contributed by atoms with E-state index in [-0.39, 0.29) is 17.3 Å². The highest BCUT2D eigenvalue weighted by Crippen LogP contribution is 2.15. The number of halogens is 1. The summed E-state index contributed by atoms with van der Waals surface area (Å²) in [5.74, 6) is 0. The number of nitrogens with zero attached hydrogens (tertiary/aromatic N) is 3. The van der Waals surface area contributed by atoms with Gasteiger partial charge in [0.2, 0.25) is 0 Å². The summed E-state index contributed by atoms with van der Waals surface area (Å²) in [6, 6.07) is 8.35. The molecule has 0 saturated heterocycles. The van der Waals surface area contributed by atoms with Crippen molar-refractivity contribution in [2.24, 2.45) is 14.1 Å². The van der Waals surface area contributed by atoms with E-state index in [0.29, 0.717) is 10.2 Å². The highest BCUT2D eigenvalue weighted by atomic mass is 79.9. The number of aryl methyl sites for hydroxylation is 3. The number of hydrogen-bond donors (Lipinski definition) is 1. The molecule has 0 unspecified atom stereocenters. The lowest BCUT2D eigenvalue weighted by molar-refractivity contribution is -0.671. The maximum Gasteiger partial charge on any atom is 0.328 e. The molecule has 0 atom stereocenters. The molecule has 3 aromatic heterocycles. The minimum atomic E-state index is -0.360. The Hall–Kier alpha value is -2.54. The Bertz CT molecular complexity index is 976. The lowest BCUT2D eigenvalue weighted by Crippen LogP contribution is -2.37. The van der Waals surface area contributed by atoms with Crippen LogP contribution in [-0.2, 0) is 14.1 Å². The number of nitrogens with one attached hydrogen (secondary N) is 1. The van der Waals surface area contributed by atoms with E-state index in [4.69, 9.17) is 0 Å². The SMILES string of the molecule is C[n+]1ccc(-c2cc[n+](C)cc2)cc1.Cc1[nH]c(=O)n(C(C)C)c(=O)c1Br. The van der Waals surface area contributed by atoms with Gasteiger partial charge in [-0.2, -0.15) is 0 Å². The van der Waals surface area contributed by atoms with E-state index in [1.165, 1.54) is 15.7 Å². The molecule has 0 radical (unpaired) electrons. The molecule has 0 aliphatic rings. The molecule has 6 nitrogen and oxygen atoms in total. The van der Waals surface area contributed by atoms with Crippen molar-refractivity contribution < 1.29 is 9.13 Å². The molecule has 0 spiro atoms. The second-order valence-electron chi connectivity index (χ2n) is 6.64. The van der Waals surface area contributed by atoms with Gasteiger partial charge in [0.05, 0.1) is 0 Å². The van der Waals surface area contributed by atoms with Crippen molar-refractivity contribution in [2.75, 3.05) is 0 Å². The second-order valence-corrected chi connectivity index (χ2v) is 7.44. The van der Waals surface area contributed by atoms with Crippen molar-refractivity contribution in [3.8, 4) is 11.1 Å². The van der Waals surface area contributed by atoms with Crippen LogP contribution in [0.3, 0.4) is 0 Å². The van der Waals surface area contributed by atoms with Crippen molar-refractivity contribution in [2.45, 2.75) is 26.8 Å². The first-order valence-electron chi connectivity index (χ1n) is 8.62. The molecule has 3 rings (SSSR count). The molecule has 142 valence electrons. The Balaban J connectivity index is 0.000000194. The summed E-state index contributed by atoms with van der Waals surface area (Å²) < 4.78 is 5.66. The Labute approximate surface area is 166 Å². The Kier molecular flexibility index (Phi) is 6.85. The van der Waals surface area contributed by atoms with Gasteiger partial charge in [-0.15, -0.1) is 0 Å². The molecular formula is C20H25BrN4O2+2. The second kappa shape index (κ2) is 8.90. The van der Waals surface area contributed by atoms with Crippen molar-refractivity contribution in [1.82, 2.24) is 9.55 Å². The highest BCUT2D eigenvalue weighted by molar-refractivity contribution is 9.10. The average molecular weight is 433 g/mol. The van der Waals surface area contributed by atoms with Crippen molar-refractivity contribution in [3.63, 3.8) is 0 Å². The third-order valence-electron chi connectivity index (χ3n) is 4.06. The van der Waals surface area contributed by atoms with Gasteiger partial charge in [-0.05, 0) is 47.8 Å². The number of hydrogen-bond acceptors (Lipinski definition) is 2. The van der Waals surface area contributed by atoms with Crippen LogP contribution in [-0.4, -0.2) is 9.55 Å². The van der Waals surface area contributed by atoms with Gasteiger partial charge in [-0.1, -0.05) is 0 Å². The zero-order valence-electron chi connectivity index (χ0n) is 16.2. The summed E-state index contributed by atoms with van der Waals surface area (Å²) in [7, 11) is 4.05. The third kappa shape index (κ3) is 5.23. The molecule has 1 N–H and O–H groups in total. The first-order chi connectivity index (χ1) is 12.7. The maximum absolute atomic E-state index is 11.5. The molecule has 3 heterocycles. The van der Waals surface area contributed by atoms with Gasteiger partial charge in [0.1, 0.15) is 18.6 Å². The zero-order chi connectivity index (χ0) is 20.1. The van der Waals surface area contributed by atoms with Crippen LogP contribution in [0.1, 0.15) is 25.6 Å². The lowest BCUT2D eigenvalue weighted by Gasteiger charge is -2.09. The van der Waals surface area contributed by atoms with Gasteiger partial charge in [0, 0.05) is 36.0 Å². The highest BCUT2D eigenvalue weighted by Gasteiger charge is 2.10. The Morgan fingerprint density at radius 2 is 1.33 bits per heavy atom. The zero-order valence-corrected chi connectivity index (χ0v) is 17.8. The van der Waals surface area contributed by atoms with Crippen LogP contribution < -0.4 is 20.4 Å². The average Bonchev–Trinajstić information content (AvgIpc) is 2.61. The molecule has 0 fully saturated rings. The molecule has 0 saturated carbocycles. The number of aromatic amines is 1. The third-order valence-corrected chi connectivity index (χ3v) is 4.99. The molecule has 0 amide bonds. The smallest absolute Gasteiger partial charge is 0.310 e. The van der Waals surface area contributed by atoms with Crippen LogP contribution in [0.25, 0.3) is 11.1 Å². The Morgan fingerprint density at radius 1 is 0.926 bits per heavy atom. The van der Waals surface area contributed by atoms with Gasteiger partial charge in [0.25, 0.3) is 5.56 Å². The monoisotopic (exact) mass is 432 g/mol. The summed E-state index contributed by atoms with van der Waals surface area (Å²) in [5.41, 5.74) is 2.43. The quantitative estimate of drug-likeness (QED) is 0.630. The molecule has 7 heteroatoms. The van der Waals surface area contributed by atoms with Gasteiger partial charge in [-0.25, -0.2) is 13.9 Å². The fourth-order valence-corrected chi connectivity index (χ4v) is 2.78. The molecule has 27 heavy (non-hydrogen) atoms. The summed E-state index contributed by atoms with van der Waals surface area (Å²) in [6.45, 7) is 5.26. The Morgan fingerprint density at radius 3 is 1.70 bits per heavy atom. The molecule has 3 aromatic rings. The van der Waals surface area contributed by atoms with Crippen LogP contribution in [0.5, 0.6) is 0 Å². The van der Waals surface area contributed by atoms with Gasteiger partial charge < -0.3 is 4.98 Å². The minimum absolute atomic E-state index is 0.131. The van der Waals surface area contributed by atoms with Crippen molar-refractivity contribution >= 4 is 15.9 Å². The van der Waals surface area contributed by atoms with Crippen LogP contribution in [0.15, 0.2) is 63.1 Å². The van der Waals surface area contributed by atoms with Crippen LogP contribution in [0.4, 0.5) is 0 Å². The topological polar surface area (TPSA) is 62.6 Å². The number of H-pyrrole nitrogens is 1. The van der Waals surface area contributed by atoms with Gasteiger partial charge >= 0.3 is 5.69 Å². The van der Waals surface area contributed by atoms with E-state index in [9.17, 15) is 9.59 Å². The summed E-state index contributed by atoms with van der Waals surface area (Å²) >= 11 is 3.13. The fourth-order valence-electron chi connectivity index (χ4n) is 2.49. The van der Waals surface area contributed by atoms with E-state index in [1.807, 2.05) is 23.2 Å². The van der Waals surface area contributed by atoms with E-state index >= 15 is 0 Å². The molecular weight excluding hydrogens is 408 g/mol. The lowest BCUT2D eigenvalue weighted by atomic mass is 10.1. The van der Waals surface area contributed by atoms with Crippen LogP contribution in [0, 0.1) is 6.92 Å². The molecule has 0 aliphatic heterocycles. The first-order valence-corrected chi connectivity index (χ1v) is 9.42. The molecule has 0 aliphatic carbocycles. The van der Waals surface area contributed by atoms with Crippen LogP contribution in [0.2, 0.25) is 0 Å². The van der Waals surface area contributed by atoms with E-state index < -0.39 is 0 Å². The summed E-state index contributed by atoms with van der Waals surface area (Å²) in [6.07, 6.45) is 8.23. The maximum atomic E-state index is 11.5. The van der Waals surface area contributed by atoms with Crippen molar-refractivity contribution in [3.05, 3.63) is 80.1 Å². The minimum Gasteiger partial charge on any atom is -0.310 e. The number of aromatic nitrogens is 4. The van der Waals surface area contributed by atoms with Crippen LogP contribution >= 0.6 is 15.9 Å². The van der Waals surface area contributed by atoms with E-state index in [0.717, 1.165) is 0 Å². The van der Waals surface area contributed by atoms with E-state index in [2.05, 4.69) is 70.0 Å². The summed E-state index contributed by atoms with van der Waals surface area (Å²) in [4.78, 5) is 25.5.